The van der Waals surface area contributed by atoms with E-state index >= 15 is 0 Å². The normalized spacial score (nSPS) is 11.9. The van der Waals surface area contributed by atoms with Gasteiger partial charge in [-0.2, -0.15) is 0 Å². The molecule has 1 atom stereocenters. The highest BCUT2D eigenvalue weighted by Crippen LogP contribution is 2.24. The number of ether oxygens (including phenoxy) is 1. The zero-order valence-electron chi connectivity index (χ0n) is 9.51. The summed E-state index contributed by atoms with van der Waals surface area (Å²) in [5.41, 5.74) is 0.0404. The molecule has 0 spiro atoms. The third kappa shape index (κ3) is 3.44. The molecule has 0 aliphatic carbocycles. The molecule has 1 aromatic heterocycles. The van der Waals surface area contributed by atoms with Gasteiger partial charge in [-0.05, 0) is 12.1 Å². The van der Waals surface area contributed by atoms with Crippen molar-refractivity contribution >= 4 is 11.9 Å². The molecule has 0 aliphatic heterocycles. The number of carbonyl (C=O) groups excluding carboxylic acids is 1. The van der Waals surface area contributed by atoms with E-state index in [0.717, 1.165) is 0 Å². The first-order valence-corrected chi connectivity index (χ1v) is 4.98. The van der Waals surface area contributed by atoms with Gasteiger partial charge >= 0.3 is 11.9 Å². The molecule has 0 aliphatic rings. The maximum Gasteiger partial charge on any atom is 0.354 e. The quantitative estimate of drug-likeness (QED) is 0.765. The highest BCUT2D eigenvalue weighted by atomic mass is 16.5. The Morgan fingerprint density at radius 1 is 1.47 bits per heavy atom. The molecule has 0 saturated carbocycles. The van der Waals surface area contributed by atoms with E-state index in [1.165, 1.54) is 19.1 Å². The molecule has 1 rings (SSSR count). The summed E-state index contributed by atoms with van der Waals surface area (Å²) in [6.07, 6.45) is 0. The Morgan fingerprint density at radius 3 is 2.65 bits per heavy atom. The van der Waals surface area contributed by atoms with Crippen LogP contribution in [0.3, 0.4) is 0 Å². The number of carboxylic acids is 1. The van der Waals surface area contributed by atoms with Gasteiger partial charge in [0.2, 0.25) is 0 Å². The third-order valence-corrected chi connectivity index (χ3v) is 2.12. The molecule has 1 heterocycles. The summed E-state index contributed by atoms with van der Waals surface area (Å²) in [6, 6.07) is 2.47. The van der Waals surface area contributed by atoms with E-state index in [1.807, 2.05) is 0 Å². The fourth-order valence-electron chi connectivity index (χ4n) is 1.27. The van der Waals surface area contributed by atoms with Crippen LogP contribution in [0.2, 0.25) is 0 Å². The van der Waals surface area contributed by atoms with Crippen LogP contribution < -0.4 is 0 Å². The van der Waals surface area contributed by atoms with E-state index in [4.69, 9.17) is 9.84 Å². The van der Waals surface area contributed by atoms with Crippen LogP contribution in [0.5, 0.6) is 5.75 Å². The molecule has 1 unspecified atom stereocenters. The van der Waals surface area contributed by atoms with Gasteiger partial charge in [-0.1, -0.05) is 6.92 Å². The number of carbonyl (C=O) groups is 2. The van der Waals surface area contributed by atoms with Crippen molar-refractivity contribution in [1.29, 1.82) is 0 Å². The second-order valence-electron chi connectivity index (χ2n) is 3.61. The van der Waals surface area contributed by atoms with Crippen molar-refractivity contribution in [3.8, 4) is 5.75 Å². The van der Waals surface area contributed by atoms with Crippen molar-refractivity contribution in [1.82, 2.24) is 4.98 Å². The van der Waals surface area contributed by atoms with Crippen LogP contribution in [0.15, 0.2) is 12.1 Å². The van der Waals surface area contributed by atoms with E-state index in [1.54, 1.807) is 6.92 Å². The van der Waals surface area contributed by atoms with Crippen LogP contribution in [0.1, 0.15) is 35.9 Å². The molecular formula is C11H13NO5. The lowest BCUT2D eigenvalue weighted by atomic mass is 10.1. The molecule has 6 nitrogen and oxygen atoms in total. The Labute approximate surface area is 97.9 Å². The molecule has 6 heteroatoms. The van der Waals surface area contributed by atoms with Crippen molar-refractivity contribution in [3.63, 3.8) is 0 Å². The van der Waals surface area contributed by atoms with Crippen LogP contribution in [0, 0.1) is 0 Å². The average Bonchev–Trinajstić information content (AvgIpc) is 2.26. The number of pyridine rings is 1. The van der Waals surface area contributed by atoms with Gasteiger partial charge < -0.3 is 14.9 Å². The fraction of sp³-hybridized carbons (Fsp3) is 0.364. The van der Waals surface area contributed by atoms with Gasteiger partial charge in [0.15, 0.2) is 0 Å². The Balaban J connectivity index is 2.91. The molecule has 0 bridgehead atoms. The van der Waals surface area contributed by atoms with Crippen molar-refractivity contribution < 1.29 is 24.5 Å². The molecule has 0 radical (unpaired) electrons. The van der Waals surface area contributed by atoms with E-state index in [9.17, 15) is 14.7 Å². The lowest BCUT2D eigenvalue weighted by Crippen LogP contribution is -2.11. The first-order valence-electron chi connectivity index (χ1n) is 4.98. The van der Waals surface area contributed by atoms with Crippen LogP contribution in [-0.2, 0) is 9.53 Å². The minimum Gasteiger partial charge on any atom is -0.506 e. The summed E-state index contributed by atoms with van der Waals surface area (Å²) in [6.45, 7) is 2.99. The molecule has 0 fully saturated rings. The number of esters is 1. The summed E-state index contributed by atoms with van der Waals surface area (Å²) in [5.74, 6) is -2.11. The van der Waals surface area contributed by atoms with Crippen LogP contribution in [-0.4, -0.2) is 33.7 Å². The number of nitrogens with zero attached hydrogens (tertiary/aromatic N) is 1. The largest absolute Gasteiger partial charge is 0.506 e. The second-order valence-corrected chi connectivity index (χ2v) is 3.61. The van der Waals surface area contributed by atoms with Gasteiger partial charge in [-0.3, -0.25) is 4.79 Å². The zero-order chi connectivity index (χ0) is 13.0. The Morgan fingerprint density at radius 2 is 2.12 bits per heavy atom. The smallest absolute Gasteiger partial charge is 0.354 e. The van der Waals surface area contributed by atoms with E-state index in [-0.39, 0.29) is 29.7 Å². The zero-order valence-corrected chi connectivity index (χ0v) is 9.51. The summed E-state index contributed by atoms with van der Waals surface area (Å²) in [4.78, 5) is 25.2. The topological polar surface area (TPSA) is 96.7 Å². The number of hydrogen-bond acceptors (Lipinski definition) is 5. The molecular weight excluding hydrogens is 226 g/mol. The summed E-state index contributed by atoms with van der Waals surface area (Å²) in [5, 5.41) is 18.3. The fourth-order valence-corrected chi connectivity index (χ4v) is 1.27. The molecule has 0 amide bonds. The van der Waals surface area contributed by atoms with Crippen LogP contribution >= 0.6 is 0 Å². The predicted octanol–water partition coefficient (Wildman–Crippen LogP) is 1.15. The third-order valence-electron chi connectivity index (χ3n) is 2.12. The first kappa shape index (κ1) is 13.0. The van der Waals surface area contributed by atoms with Crippen LogP contribution in [0.25, 0.3) is 0 Å². The Bertz CT molecular complexity index is 443. The van der Waals surface area contributed by atoms with Gasteiger partial charge in [-0.25, -0.2) is 9.78 Å². The van der Waals surface area contributed by atoms with Gasteiger partial charge in [0, 0.05) is 12.8 Å². The lowest BCUT2D eigenvalue weighted by Gasteiger charge is -2.12. The SMILES string of the molecule is CC(=O)OCC(C)c1nc(C(=O)O)ccc1O. The van der Waals surface area contributed by atoms with E-state index in [2.05, 4.69) is 4.98 Å². The number of aromatic hydroxyl groups is 1. The number of aromatic nitrogens is 1. The summed E-state index contributed by atoms with van der Waals surface area (Å²) >= 11 is 0. The second kappa shape index (κ2) is 5.29. The van der Waals surface area contributed by atoms with Gasteiger partial charge in [0.05, 0.1) is 12.3 Å². The Hall–Kier alpha value is -2.11. The highest BCUT2D eigenvalue weighted by Gasteiger charge is 2.16. The van der Waals surface area contributed by atoms with Gasteiger partial charge in [0.1, 0.15) is 11.4 Å². The first-order chi connectivity index (χ1) is 7.91. The monoisotopic (exact) mass is 239 g/mol. The van der Waals surface area contributed by atoms with E-state index in [0.29, 0.717) is 0 Å². The lowest BCUT2D eigenvalue weighted by molar-refractivity contribution is -0.141. The molecule has 92 valence electrons. The Kier molecular flexibility index (Phi) is 4.03. The molecule has 0 aromatic carbocycles. The minimum atomic E-state index is -1.18. The molecule has 0 saturated heterocycles. The van der Waals surface area contributed by atoms with Crippen molar-refractivity contribution in [3.05, 3.63) is 23.5 Å². The van der Waals surface area contributed by atoms with Gasteiger partial charge in [0.25, 0.3) is 0 Å². The predicted molar refractivity (Wildman–Crippen MR) is 57.9 cm³/mol. The molecule has 2 N–H and O–H groups in total. The molecule has 17 heavy (non-hydrogen) atoms. The number of hydrogen-bond donors (Lipinski definition) is 2. The summed E-state index contributed by atoms with van der Waals surface area (Å²) in [7, 11) is 0. The number of aromatic carboxylic acids is 1. The number of carboxylic acid groups (broad SMARTS) is 1. The maximum atomic E-state index is 10.7. The van der Waals surface area contributed by atoms with Crippen molar-refractivity contribution in [2.45, 2.75) is 19.8 Å². The summed E-state index contributed by atoms with van der Waals surface area (Å²) < 4.78 is 4.78. The van der Waals surface area contributed by atoms with Gasteiger partial charge in [-0.15, -0.1) is 0 Å². The molecule has 1 aromatic rings. The maximum absolute atomic E-state index is 10.7. The average molecular weight is 239 g/mol. The number of rotatable bonds is 4. The van der Waals surface area contributed by atoms with Crippen LogP contribution in [0.4, 0.5) is 0 Å². The highest BCUT2D eigenvalue weighted by molar-refractivity contribution is 5.85. The van der Waals surface area contributed by atoms with E-state index < -0.39 is 11.9 Å². The standard InChI is InChI=1S/C11H13NO5/c1-6(5-17-7(2)13)10-9(14)4-3-8(12-10)11(15)16/h3-4,6,14H,5H2,1-2H3,(H,15,16). The van der Waals surface area contributed by atoms with Crippen molar-refractivity contribution in [2.75, 3.05) is 6.61 Å². The minimum absolute atomic E-state index is 0.0406. The van der Waals surface area contributed by atoms with Crippen molar-refractivity contribution in [2.24, 2.45) is 0 Å².